The molecule has 0 bridgehead atoms. The van der Waals surface area contributed by atoms with Crippen LogP contribution in [0.4, 0.5) is 13.2 Å². The van der Waals surface area contributed by atoms with Crippen molar-refractivity contribution in [3.05, 3.63) is 30.2 Å². The molecule has 0 radical (unpaired) electrons. The van der Waals surface area contributed by atoms with E-state index in [0.717, 1.165) is 0 Å². The molecular weight excluding hydrogens is 211 g/mol. The number of Topliss-reactive ketones (excluding diaryl/α,β-unsaturated/α-hetero) is 1. The van der Waals surface area contributed by atoms with Gasteiger partial charge in [-0.1, -0.05) is 12.1 Å². The fraction of sp³-hybridized carbons (Fsp3) is 0.111. The molecule has 0 amide bonds. The summed E-state index contributed by atoms with van der Waals surface area (Å²) in [7, 11) is 0. The van der Waals surface area contributed by atoms with Crippen molar-refractivity contribution in [3.8, 4) is 0 Å². The third-order valence-electron chi connectivity index (χ3n) is 1.75. The molecule has 2 rings (SSSR count). The van der Waals surface area contributed by atoms with Crippen LogP contribution in [0.2, 0.25) is 0 Å². The molecule has 2 aromatic rings. The molecule has 6 heteroatoms. The maximum absolute atomic E-state index is 12.0. The molecule has 15 heavy (non-hydrogen) atoms. The molecule has 0 unspecified atom stereocenters. The van der Waals surface area contributed by atoms with Gasteiger partial charge in [-0.3, -0.25) is 4.79 Å². The lowest BCUT2D eigenvalue weighted by molar-refractivity contribution is -0.0902. The molecule has 3 nitrogen and oxygen atoms in total. The Morgan fingerprint density at radius 3 is 2.53 bits per heavy atom. The van der Waals surface area contributed by atoms with Crippen LogP contribution in [0.25, 0.3) is 11.1 Å². The van der Waals surface area contributed by atoms with Crippen molar-refractivity contribution < 1.29 is 22.4 Å². The SMILES string of the molecule is O=C(c1nc2ccccc2o1)C(F)(F)F. The van der Waals surface area contributed by atoms with Crippen LogP contribution < -0.4 is 0 Å². The summed E-state index contributed by atoms with van der Waals surface area (Å²) < 4.78 is 40.7. The van der Waals surface area contributed by atoms with E-state index in [1.807, 2.05) is 0 Å². The van der Waals surface area contributed by atoms with Gasteiger partial charge in [0.1, 0.15) is 5.52 Å². The molecule has 0 aliphatic heterocycles. The van der Waals surface area contributed by atoms with Gasteiger partial charge in [0.2, 0.25) is 0 Å². The summed E-state index contributed by atoms with van der Waals surface area (Å²) in [5.74, 6) is -3.00. The van der Waals surface area contributed by atoms with Gasteiger partial charge in [-0.05, 0) is 12.1 Å². The number of halogens is 3. The van der Waals surface area contributed by atoms with Crippen LogP contribution in [0.15, 0.2) is 28.7 Å². The number of hydrogen-bond donors (Lipinski definition) is 0. The molecule has 0 aliphatic carbocycles. The monoisotopic (exact) mass is 215 g/mol. The lowest BCUT2D eigenvalue weighted by Crippen LogP contribution is -2.22. The molecule has 0 saturated heterocycles. The van der Waals surface area contributed by atoms with Gasteiger partial charge in [0.05, 0.1) is 0 Å². The van der Waals surface area contributed by atoms with Crippen LogP contribution in [0.3, 0.4) is 0 Å². The highest BCUT2D eigenvalue weighted by Gasteiger charge is 2.42. The first-order chi connectivity index (χ1) is 6.98. The van der Waals surface area contributed by atoms with Crippen molar-refractivity contribution in [1.82, 2.24) is 4.98 Å². The molecular formula is C9H4F3NO2. The molecule has 1 aromatic heterocycles. The minimum Gasteiger partial charge on any atom is -0.433 e. The lowest BCUT2D eigenvalue weighted by atomic mass is 10.3. The molecule has 0 aliphatic rings. The maximum Gasteiger partial charge on any atom is 0.459 e. The second-order valence-electron chi connectivity index (χ2n) is 2.81. The van der Waals surface area contributed by atoms with E-state index in [-0.39, 0.29) is 11.1 Å². The van der Waals surface area contributed by atoms with Gasteiger partial charge in [0.15, 0.2) is 5.58 Å². The lowest BCUT2D eigenvalue weighted by Gasteiger charge is -1.99. The second kappa shape index (κ2) is 3.08. The third kappa shape index (κ3) is 1.70. The van der Waals surface area contributed by atoms with Crippen molar-refractivity contribution >= 4 is 16.9 Å². The van der Waals surface area contributed by atoms with Crippen LogP contribution in [0.1, 0.15) is 10.7 Å². The van der Waals surface area contributed by atoms with Crippen LogP contribution in [0.5, 0.6) is 0 Å². The molecule has 0 atom stereocenters. The van der Waals surface area contributed by atoms with Gasteiger partial charge >= 0.3 is 12.0 Å². The zero-order valence-corrected chi connectivity index (χ0v) is 7.21. The van der Waals surface area contributed by atoms with Gasteiger partial charge < -0.3 is 4.42 Å². The Labute approximate surface area is 81.5 Å². The first-order valence-electron chi connectivity index (χ1n) is 3.95. The zero-order valence-electron chi connectivity index (χ0n) is 7.21. The first kappa shape index (κ1) is 9.70. The van der Waals surface area contributed by atoms with Crippen molar-refractivity contribution in [2.45, 2.75) is 6.18 Å². The molecule has 1 heterocycles. The largest absolute Gasteiger partial charge is 0.459 e. The van der Waals surface area contributed by atoms with E-state index in [1.54, 1.807) is 12.1 Å². The molecule has 1 aromatic carbocycles. The number of aromatic nitrogens is 1. The standard InChI is InChI=1S/C9H4F3NO2/c10-9(11,12)7(14)8-13-5-3-1-2-4-6(5)15-8/h1-4H. The summed E-state index contributed by atoms with van der Waals surface area (Å²) in [5, 5.41) is 0. The summed E-state index contributed by atoms with van der Waals surface area (Å²) >= 11 is 0. The number of carbonyl (C=O) groups is 1. The summed E-state index contributed by atoms with van der Waals surface area (Å²) in [5.41, 5.74) is 0.384. The quantitative estimate of drug-likeness (QED) is 0.686. The van der Waals surface area contributed by atoms with Gasteiger partial charge in [-0.2, -0.15) is 13.2 Å². The molecule has 0 spiro atoms. The van der Waals surface area contributed by atoms with E-state index in [4.69, 9.17) is 0 Å². The summed E-state index contributed by atoms with van der Waals surface area (Å²) in [6.45, 7) is 0. The fourth-order valence-electron chi connectivity index (χ4n) is 1.09. The van der Waals surface area contributed by atoms with E-state index in [0.29, 0.717) is 0 Å². The van der Waals surface area contributed by atoms with Gasteiger partial charge in [-0.15, -0.1) is 0 Å². The Kier molecular flexibility index (Phi) is 1.99. The van der Waals surface area contributed by atoms with Gasteiger partial charge in [0, 0.05) is 0 Å². The number of carbonyl (C=O) groups excluding carboxylic acids is 1. The Bertz CT molecular complexity index is 482. The predicted octanol–water partition coefficient (Wildman–Crippen LogP) is 2.57. The van der Waals surface area contributed by atoms with Crippen molar-refractivity contribution in [1.29, 1.82) is 0 Å². The van der Waals surface area contributed by atoms with Gasteiger partial charge in [-0.25, -0.2) is 4.98 Å². The fourth-order valence-corrected chi connectivity index (χ4v) is 1.09. The number of para-hydroxylation sites is 2. The Morgan fingerprint density at radius 2 is 1.93 bits per heavy atom. The van der Waals surface area contributed by atoms with E-state index in [9.17, 15) is 18.0 Å². The first-order valence-corrected chi connectivity index (χ1v) is 3.95. The minimum absolute atomic E-state index is 0.157. The summed E-state index contributed by atoms with van der Waals surface area (Å²) in [6, 6.07) is 6.07. The van der Waals surface area contributed by atoms with Crippen LogP contribution >= 0.6 is 0 Å². The highest BCUT2D eigenvalue weighted by atomic mass is 19.4. The second-order valence-corrected chi connectivity index (χ2v) is 2.81. The van der Waals surface area contributed by atoms with Crippen molar-refractivity contribution in [2.24, 2.45) is 0 Å². The molecule has 0 fully saturated rings. The summed E-state index contributed by atoms with van der Waals surface area (Å²) in [6.07, 6.45) is -4.96. The predicted molar refractivity (Wildman–Crippen MR) is 44.4 cm³/mol. The number of rotatable bonds is 1. The zero-order chi connectivity index (χ0) is 11.1. The Balaban J connectivity index is 2.50. The van der Waals surface area contributed by atoms with E-state index >= 15 is 0 Å². The van der Waals surface area contributed by atoms with E-state index in [1.165, 1.54) is 12.1 Å². The van der Waals surface area contributed by atoms with Crippen molar-refractivity contribution in [3.63, 3.8) is 0 Å². The third-order valence-corrected chi connectivity index (χ3v) is 1.75. The topological polar surface area (TPSA) is 43.1 Å². The molecule has 0 saturated carbocycles. The van der Waals surface area contributed by atoms with Crippen LogP contribution in [-0.2, 0) is 0 Å². The van der Waals surface area contributed by atoms with Gasteiger partial charge in [0.25, 0.3) is 5.89 Å². The van der Waals surface area contributed by atoms with Crippen LogP contribution in [-0.4, -0.2) is 16.9 Å². The number of oxazole rings is 1. The number of ketones is 1. The van der Waals surface area contributed by atoms with E-state index < -0.39 is 17.9 Å². The van der Waals surface area contributed by atoms with Crippen LogP contribution in [0, 0.1) is 0 Å². The normalized spacial score (nSPS) is 11.9. The number of nitrogens with zero attached hydrogens (tertiary/aromatic N) is 1. The highest BCUT2D eigenvalue weighted by Crippen LogP contribution is 2.23. The number of fused-ring (bicyclic) bond motifs is 1. The summed E-state index contributed by atoms with van der Waals surface area (Å²) in [4.78, 5) is 14.2. The smallest absolute Gasteiger partial charge is 0.433 e. The average molecular weight is 215 g/mol. The number of hydrogen-bond acceptors (Lipinski definition) is 3. The number of alkyl halides is 3. The molecule has 0 N–H and O–H groups in total. The molecule has 78 valence electrons. The highest BCUT2D eigenvalue weighted by molar-refractivity contribution is 5.98. The average Bonchev–Trinajstić information content (AvgIpc) is 2.58. The van der Waals surface area contributed by atoms with E-state index in [2.05, 4.69) is 9.40 Å². The maximum atomic E-state index is 12.0. The Morgan fingerprint density at radius 1 is 1.27 bits per heavy atom. The Hall–Kier alpha value is -1.85. The number of benzene rings is 1. The minimum atomic E-state index is -4.96. The van der Waals surface area contributed by atoms with Crippen molar-refractivity contribution in [2.75, 3.05) is 0 Å².